The SMILES string of the molecule is O=C1CCSc2ccc(C(=O)OCC(=O)NC34CC5CC(CC(C5)C3)C4)cc2N1. The van der Waals surface area contributed by atoms with Crippen LogP contribution in [0.1, 0.15) is 55.3 Å². The molecule has 1 aromatic carbocycles. The Hall–Kier alpha value is -2.02. The number of rotatable bonds is 4. The summed E-state index contributed by atoms with van der Waals surface area (Å²) in [6.45, 7) is -0.265. The lowest BCUT2D eigenvalue weighted by molar-refractivity contribution is -0.130. The van der Waals surface area contributed by atoms with E-state index in [2.05, 4.69) is 10.6 Å². The molecular weight excluding hydrogens is 388 g/mol. The highest BCUT2D eigenvalue weighted by atomic mass is 32.2. The Morgan fingerprint density at radius 2 is 1.83 bits per heavy atom. The van der Waals surface area contributed by atoms with Gasteiger partial charge in [0.2, 0.25) is 5.91 Å². The highest BCUT2D eigenvalue weighted by Gasteiger charge is 2.51. The van der Waals surface area contributed by atoms with Crippen LogP contribution in [0, 0.1) is 17.8 Å². The molecule has 0 atom stereocenters. The van der Waals surface area contributed by atoms with Gasteiger partial charge in [0, 0.05) is 22.6 Å². The molecule has 6 rings (SSSR count). The van der Waals surface area contributed by atoms with Crippen LogP contribution in [0.2, 0.25) is 0 Å². The summed E-state index contributed by atoms with van der Waals surface area (Å²) in [6, 6.07) is 5.13. The lowest BCUT2D eigenvalue weighted by atomic mass is 9.53. The Bertz CT molecular complexity index is 833. The minimum atomic E-state index is -0.544. The smallest absolute Gasteiger partial charge is 0.338 e. The van der Waals surface area contributed by atoms with E-state index in [-0.39, 0.29) is 24.0 Å². The number of benzene rings is 1. The van der Waals surface area contributed by atoms with Crippen LogP contribution >= 0.6 is 11.8 Å². The molecule has 1 aliphatic heterocycles. The average molecular weight is 415 g/mol. The predicted octanol–water partition coefficient (Wildman–Crippen LogP) is 3.36. The maximum atomic E-state index is 12.5. The lowest BCUT2D eigenvalue weighted by Gasteiger charge is -2.56. The fourth-order valence-electron chi connectivity index (χ4n) is 6.16. The van der Waals surface area contributed by atoms with Gasteiger partial charge in [-0.1, -0.05) is 0 Å². The summed E-state index contributed by atoms with van der Waals surface area (Å²) < 4.78 is 5.28. The molecule has 154 valence electrons. The number of hydrogen-bond acceptors (Lipinski definition) is 5. The van der Waals surface area contributed by atoms with Crippen LogP contribution in [0.3, 0.4) is 0 Å². The number of hydrogen-bond donors (Lipinski definition) is 2. The molecule has 0 unspecified atom stereocenters. The molecule has 0 radical (unpaired) electrons. The van der Waals surface area contributed by atoms with Crippen molar-refractivity contribution in [2.24, 2.45) is 17.8 Å². The van der Waals surface area contributed by atoms with Gasteiger partial charge in [0.25, 0.3) is 5.91 Å². The molecule has 1 heterocycles. The van der Waals surface area contributed by atoms with Gasteiger partial charge in [-0.05, 0) is 74.5 Å². The number of amides is 2. The molecule has 7 heteroatoms. The number of carbonyl (C=O) groups is 3. The monoisotopic (exact) mass is 414 g/mol. The van der Waals surface area contributed by atoms with Crippen molar-refractivity contribution in [3.05, 3.63) is 23.8 Å². The number of thioether (sulfide) groups is 1. The molecule has 0 saturated heterocycles. The third-order valence-electron chi connectivity index (χ3n) is 6.85. The van der Waals surface area contributed by atoms with Gasteiger partial charge in [-0.15, -0.1) is 11.8 Å². The maximum absolute atomic E-state index is 12.5. The molecule has 4 saturated carbocycles. The van der Waals surface area contributed by atoms with Crippen LogP contribution in [0.25, 0.3) is 0 Å². The minimum Gasteiger partial charge on any atom is -0.452 e. The second-order valence-corrected chi connectivity index (χ2v) is 10.3. The number of ether oxygens (including phenoxy) is 1. The Kier molecular flexibility index (Phi) is 4.81. The van der Waals surface area contributed by atoms with E-state index in [4.69, 9.17) is 4.74 Å². The number of nitrogens with one attached hydrogen (secondary N) is 2. The van der Waals surface area contributed by atoms with Gasteiger partial charge in [-0.25, -0.2) is 4.79 Å². The molecule has 4 bridgehead atoms. The molecular formula is C22H26N2O4S. The zero-order valence-corrected chi connectivity index (χ0v) is 17.2. The molecule has 4 aliphatic carbocycles. The Balaban J connectivity index is 1.19. The topological polar surface area (TPSA) is 84.5 Å². The highest BCUT2D eigenvalue weighted by molar-refractivity contribution is 7.99. The van der Waals surface area contributed by atoms with Gasteiger partial charge in [-0.3, -0.25) is 9.59 Å². The van der Waals surface area contributed by atoms with E-state index in [9.17, 15) is 14.4 Å². The summed E-state index contributed by atoms with van der Waals surface area (Å²) in [7, 11) is 0. The van der Waals surface area contributed by atoms with E-state index < -0.39 is 5.97 Å². The molecule has 5 aliphatic rings. The first-order chi connectivity index (χ1) is 14.0. The van der Waals surface area contributed by atoms with Crippen molar-refractivity contribution in [2.45, 2.75) is 55.4 Å². The Morgan fingerprint density at radius 3 is 2.52 bits per heavy atom. The minimum absolute atomic E-state index is 0.0586. The van der Waals surface area contributed by atoms with Gasteiger partial charge >= 0.3 is 5.97 Å². The average Bonchev–Trinajstić information content (AvgIpc) is 2.84. The zero-order chi connectivity index (χ0) is 20.0. The van der Waals surface area contributed by atoms with Crippen molar-refractivity contribution in [3.8, 4) is 0 Å². The van der Waals surface area contributed by atoms with E-state index in [1.807, 2.05) is 6.07 Å². The summed E-state index contributed by atoms with van der Waals surface area (Å²) in [4.78, 5) is 37.7. The van der Waals surface area contributed by atoms with Crippen molar-refractivity contribution in [1.82, 2.24) is 5.32 Å². The summed E-state index contributed by atoms with van der Waals surface area (Å²) in [6.07, 6.45) is 7.61. The number of esters is 1. The van der Waals surface area contributed by atoms with E-state index in [0.29, 0.717) is 23.4 Å². The van der Waals surface area contributed by atoms with Crippen LogP contribution in [0.4, 0.5) is 5.69 Å². The molecule has 2 amide bonds. The van der Waals surface area contributed by atoms with E-state index in [1.54, 1.807) is 23.9 Å². The van der Waals surface area contributed by atoms with Crippen molar-refractivity contribution in [3.63, 3.8) is 0 Å². The predicted molar refractivity (Wildman–Crippen MR) is 110 cm³/mol. The molecule has 29 heavy (non-hydrogen) atoms. The van der Waals surface area contributed by atoms with E-state index in [1.165, 1.54) is 19.3 Å². The first-order valence-electron chi connectivity index (χ1n) is 10.5. The number of carbonyl (C=O) groups excluding carboxylic acids is 3. The Labute approximate surface area is 174 Å². The van der Waals surface area contributed by atoms with Crippen LogP contribution < -0.4 is 10.6 Å². The molecule has 0 aromatic heterocycles. The van der Waals surface area contributed by atoms with E-state index >= 15 is 0 Å². The lowest BCUT2D eigenvalue weighted by Crippen LogP contribution is -2.60. The third-order valence-corrected chi connectivity index (χ3v) is 7.93. The number of anilines is 1. The summed E-state index contributed by atoms with van der Waals surface area (Å²) in [5, 5.41) is 6.04. The van der Waals surface area contributed by atoms with Crippen LogP contribution in [0.5, 0.6) is 0 Å². The van der Waals surface area contributed by atoms with Crippen molar-refractivity contribution < 1.29 is 19.1 Å². The standard InChI is InChI=1S/C22H26N2O4S/c25-19-3-4-29-18-2-1-16(8-17(18)23-19)21(27)28-12-20(26)24-22-9-13-5-14(10-22)7-15(6-13)11-22/h1-2,8,13-15H,3-7,9-12H2,(H,23,25)(H,24,26). The van der Waals surface area contributed by atoms with Gasteiger partial charge in [-0.2, -0.15) is 0 Å². The molecule has 1 aromatic rings. The Morgan fingerprint density at radius 1 is 1.14 bits per heavy atom. The fraction of sp³-hybridized carbons (Fsp3) is 0.591. The maximum Gasteiger partial charge on any atom is 0.338 e. The number of fused-ring (bicyclic) bond motifs is 1. The first-order valence-corrected chi connectivity index (χ1v) is 11.5. The van der Waals surface area contributed by atoms with Crippen molar-refractivity contribution in [2.75, 3.05) is 17.7 Å². The first kappa shape index (κ1) is 19.0. The largest absolute Gasteiger partial charge is 0.452 e. The fourth-order valence-corrected chi connectivity index (χ4v) is 7.09. The van der Waals surface area contributed by atoms with Gasteiger partial charge in [0.05, 0.1) is 11.3 Å². The van der Waals surface area contributed by atoms with Crippen molar-refractivity contribution >= 4 is 35.2 Å². The normalized spacial score (nSPS) is 32.1. The van der Waals surface area contributed by atoms with Gasteiger partial charge in [0.15, 0.2) is 6.61 Å². The molecule has 4 fully saturated rings. The molecule has 0 spiro atoms. The zero-order valence-electron chi connectivity index (χ0n) is 16.4. The third kappa shape index (κ3) is 3.89. The van der Waals surface area contributed by atoms with Crippen LogP contribution in [0.15, 0.2) is 23.1 Å². The second kappa shape index (κ2) is 7.35. The quantitative estimate of drug-likeness (QED) is 0.738. The van der Waals surface area contributed by atoms with Crippen LogP contribution in [-0.4, -0.2) is 35.7 Å². The van der Waals surface area contributed by atoms with Crippen molar-refractivity contribution in [1.29, 1.82) is 0 Å². The summed E-state index contributed by atoms with van der Waals surface area (Å²) in [5.41, 5.74) is 0.892. The second-order valence-electron chi connectivity index (χ2n) is 9.18. The van der Waals surface area contributed by atoms with Gasteiger partial charge in [0.1, 0.15) is 0 Å². The van der Waals surface area contributed by atoms with Crippen LogP contribution in [-0.2, 0) is 14.3 Å². The van der Waals surface area contributed by atoms with E-state index in [0.717, 1.165) is 41.9 Å². The highest BCUT2D eigenvalue weighted by Crippen LogP contribution is 2.55. The van der Waals surface area contributed by atoms with Gasteiger partial charge < -0.3 is 15.4 Å². The molecule has 6 nitrogen and oxygen atoms in total. The summed E-state index contributed by atoms with van der Waals surface area (Å²) >= 11 is 1.58. The molecule has 2 N–H and O–H groups in total. The summed E-state index contributed by atoms with van der Waals surface area (Å²) in [5.74, 6) is 2.14.